The van der Waals surface area contributed by atoms with Crippen LogP contribution in [0.15, 0.2) is 54.6 Å². The maximum atomic E-state index is 12.7. The van der Waals surface area contributed by atoms with E-state index < -0.39 is 0 Å². The molecule has 2 amide bonds. The molecule has 2 aromatic carbocycles. The highest BCUT2D eigenvalue weighted by atomic mass is 16.5. The molecular weight excluding hydrogens is 462 g/mol. The number of anilines is 1. The minimum Gasteiger partial charge on any atom is -0.489 e. The molecule has 37 heavy (non-hydrogen) atoms. The van der Waals surface area contributed by atoms with Gasteiger partial charge < -0.3 is 20.3 Å². The maximum Gasteiger partial charge on any atom is 0.226 e. The molecule has 6 heteroatoms. The number of carbonyl (C=O) groups is 2. The number of amides is 2. The molecule has 2 aliphatic rings. The Morgan fingerprint density at radius 2 is 1.68 bits per heavy atom. The Morgan fingerprint density at radius 3 is 2.32 bits per heavy atom. The summed E-state index contributed by atoms with van der Waals surface area (Å²) in [5.74, 6) is 0.951. The molecule has 1 heterocycles. The predicted octanol–water partition coefficient (Wildman–Crippen LogP) is 5.36. The number of carbonyl (C=O) groups excluding carboxylic acids is 2. The van der Waals surface area contributed by atoms with Gasteiger partial charge in [-0.3, -0.25) is 9.59 Å². The van der Waals surface area contributed by atoms with Gasteiger partial charge in [-0.1, -0.05) is 56.5 Å². The summed E-state index contributed by atoms with van der Waals surface area (Å²) in [5, 5.41) is 0. The smallest absolute Gasteiger partial charge is 0.226 e. The minimum atomic E-state index is -0.363. The van der Waals surface area contributed by atoms with Gasteiger partial charge in [-0.25, -0.2) is 0 Å². The zero-order valence-electron chi connectivity index (χ0n) is 22.2. The first kappa shape index (κ1) is 27.0. The average molecular weight is 505 g/mol. The van der Waals surface area contributed by atoms with E-state index in [2.05, 4.69) is 41.3 Å². The van der Waals surface area contributed by atoms with Gasteiger partial charge in [0.05, 0.1) is 6.42 Å². The number of primary amides is 1. The van der Waals surface area contributed by atoms with Gasteiger partial charge in [0.2, 0.25) is 11.8 Å². The van der Waals surface area contributed by atoms with Crippen LogP contribution >= 0.6 is 0 Å². The van der Waals surface area contributed by atoms with Crippen LogP contribution in [0, 0.1) is 18.3 Å². The quantitative estimate of drug-likeness (QED) is 0.447. The number of ether oxygens (including phenoxy) is 1. The molecule has 1 saturated carbocycles. The molecule has 6 nitrogen and oxygen atoms in total. The van der Waals surface area contributed by atoms with Crippen molar-refractivity contribution in [1.82, 2.24) is 4.90 Å². The summed E-state index contributed by atoms with van der Waals surface area (Å²) in [5.41, 5.74) is 7.74. The van der Waals surface area contributed by atoms with E-state index in [9.17, 15) is 9.59 Å². The number of hydrogen-bond acceptors (Lipinski definition) is 4. The van der Waals surface area contributed by atoms with Crippen LogP contribution in [0.25, 0.3) is 0 Å². The largest absolute Gasteiger partial charge is 0.489 e. The van der Waals surface area contributed by atoms with E-state index in [4.69, 9.17) is 10.5 Å². The van der Waals surface area contributed by atoms with Crippen molar-refractivity contribution in [3.05, 3.63) is 66.6 Å². The zero-order chi connectivity index (χ0) is 26.0. The lowest BCUT2D eigenvalue weighted by Gasteiger charge is -2.42. The monoisotopic (exact) mass is 504 g/mol. The summed E-state index contributed by atoms with van der Waals surface area (Å²) in [4.78, 5) is 28.5. The van der Waals surface area contributed by atoms with Gasteiger partial charge in [0.15, 0.2) is 0 Å². The molecule has 0 bridgehead atoms. The number of nitrogens with zero attached hydrogens (tertiary/aromatic N) is 2. The van der Waals surface area contributed by atoms with E-state index in [0.29, 0.717) is 19.1 Å². The fraction of sp³-hybridized carbons (Fsp3) is 0.516. The van der Waals surface area contributed by atoms with Gasteiger partial charge >= 0.3 is 0 Å². The second kappa shape index (κ2) is 13.5. The highest BCUT2D eigenvalue weighted by Crippen LogP contribution is 2.31. The van der Waals surface area contributed by atoms with E-state index in [1.165, 1.54) is 37.8 Å². The lowest BCUT2D eigenvalue weighted by atomic mass is 9.88. The van der Waals surface area contributed by atoms with E-state index in [1.54, 1.807) is 13.3 Å². The lowest BCUT2D eigenvalue weighted by Crippen LogP contribution is -2.48. The Balaban J connectivity index is 1.37. The fourth-order valence-electron chi connectivity index (χ4n) is 5.51. The molecule has 2 N–H and O–H groups in total. The molecule has 2 aromatic rings. The summed E-state index contributed by atoms with van der Waals surface area (Å²) < 4.78 is 6.02. The van der Waals surface area contributed by atoms with E-state index in [-0.39, 0.29) is 17.7 Å². The minimum absolute atomic E-state index is 0.0188. The molecule has 1 atom stereocenters. The second-order valence-electron chi connectivity index (χ2n) is 10.7. The van der Waals surface area contributed by atoms with E-state index >= 15 is 0 Å². The topological polar surface area (TPSA) is 75.9 Å². The number of rotatable bonds is 11. The molecule has 2 fully saturated rings. The molecule has 0 aromatic heterocycles. The third kappa shape index (κ3) is 7.98. The van der Waals surface area contributed by atoms with Crippen LogP contribution in [0.1, 0.15) is 63.9 Å². The predicted molar refractivity (Wildman–Crippen MR) is 148 cm³/mol. The van der Waals surface area contributed by atoms with Crippen molar-refractivity contribution in [2.75, 3.05) is 24.5 Å². The number of piperidine rings is 1. The Labute approximate surface area is 222 Å². The van der Waals surface area contributed by atoms with Crippen LogP contribution in [0.5, 0.6) is 5.75 Å². The van der Waals surface area contributed by atoms with Crippen molar-refractivity contribution in [3.63, 3.8) is 0 Å². The van der Waals surface area contributed by atoms with Crippen LogP contribution in [0.4, 0.5) is 5.69 Å². The second-order valence-corrected chi connectivity index (χ2v) is 10.7. The lowest BCUT2D eigenvalue weighted by molar-refractivity contribution is -0.129. The first-order valence-corrected chi connectivity index (χ1v) is 13.9. The van der Waals surface area contributed by atoms with Crippen molar-refractivity contribution < 1.29 is 14.3 Å². The van der Waals surface area contributed by atoms with Crippen LogP contribution in [0.2, 0.25) is 0 Å². The number of benzene rings is 2. The van der Waals surface area contributed by atoms with Crippen molar-refractivity contribution in [3.8, 4) is 5.75 Å². The Bertz CT molecular complexity index is 981. The number of nitrogens with two attached hydrogens (primary N) is 1. The van der Waals surface area contributed by atoms with Gasteiger partial charge in [-0.05, 0) is 67.9 Å². The van der Waals surface area contributed by atoms with Crippen molar-refractivity contribution in [1.29, 1.82) is 0 Å². The molecule has 1 saturated heterocycles. The van der Waals surface area contributed by atoms with Crippen molar-refractivity contribution in [2.45, 2.75) is 70.9 Å². The van der Waals surface area contributed by atoms with Crippen LogP contribution in [-0.4, -0.2) is 42.4 Å². The summed E-state index contributed by atoms with van der Waals surface area (Å²) in [7, 11) is 0. The van der Waals surface area contributed by atoms with Crippen LogP contribution in [0.3, 0.4) is 0 Å². The van der Waals surface area contributed by atoms with Crippen LogP contribution in [-0.2, 0) is 16.2 Å². The molecular formula is C31H42N3O3. The SMILES string of the molecule is CC(C[CH]C(=O)N1CCC(N(CC2CCCCC2)c2ccc(OCc3ccccc3)cc2)CC1)C(N)=O. The van der Waals surface area contributed by atoms with E-state index in [1.807, 2.05) is 23.1 Å². The standard InChI is InChI=1S/C31H42N3O3/c1-24(31(32)36)12-17-30(35)33-20-18-28(19-21-33)34(22-25-8-4-2-5-9-25)27-13-15-29(16-14-27)37-23-26-10-6-3-7-11-26/h3,6-7,10-11,13-17,24-25,28H,2,4-5,8-9,12,18-23H2,1H3,(H2,32,36). The fourth-order valence-corrected chi connectivity index (χ4v) is 5.51. The number of hydrogen-bond donors (Lipinski definition) is 1. The maximum absolute atomic E-state index is 12.7. The van der Waals surface area contributed by atoms with Crippen LogP contribution < -0.4 is 15.4 Å². The summed E-state index contributed by atoms with van der Waals surface area (Å²) in [6.45, 7) is 4.88. The van der Waals surface area contributed by atoms with Crippen molar-refractivity contribution >= 4 is 17.5 Å². The Morgan fingerprint density at radius 1 is 1.00 bits per heavy atom. The average Bonchev–Trinajstić information content (AvgIpc) is 2.95. The molecule has 1 unspecified atom stereocenters. The number of likely N-dealkylation sites (tertiary alicyclic amines) is 1. The normalized spacial score (nSPS) is 17.8. The van der Waals surface area contributed by atoms with Gasteiger partial charge in [0.25, 0.3) is 0 Å². The van der Waals surface area contributed by atoms with Gasteiger partial charge in [-0.15, -0.1) is 0 Å². The van der Waals surface area contributed by atoms with E-state index in [0.717, 1.165) is 49.7 Å². The Hall–Kier alpha value is -3.02. The highest BCUT2D eigenvalue weighted by molar-refractivity contribution is 5.86. The summed E-state index contributed by atoms with van der Waals surface area (Å²) in [6.07, 6.45) is 10.6. The third-order valence-electron chi connectivity index (χ3n) is 7.94. The summed E-state index contributed by atoms with van der Waals surface area (Å²) in [6, 6.07) is 19.2. The molecule has 1 aliphatic heterocycles. The molecule has 1 aliphatic carbocycles. The van der Waals surface area contributed by atoms with Gasteiger partial charge in [-0.2, -0.15) is 0 Å². The Kier molecular flexibility index (Phi) is 9.86. The first-order valence-electron chi connectivity index (χ1n) is 13.9. The first-order chi connectivity index (χ1) is 18.0. The summed E-state index contributed by atoms with van der Waals surface area (Å²) >= 11 is 0. The molecule has 4 rings (SSSR count). The molecule has 199 valence electrons. The van der Waals surface area contributed by atoms with Gasteiger partial charge in [0, 0.05) is 37.3 Å². The van der Waals surface area contributed by atoms with Gasteiger partial charge in [0.1, 0.15) is 12.4 Å². The molecule has 1 radical (unpaired) electrons. The zero-order valence-corrected chi connectivity index (χ0v) is 22.2. The van der Waals surface area contributed by atoms with Crippen molar-refractivity contribution in [2.24, 2.45) is 17.6 Å². The highest BCUT2D eigenvalue weighted by Gasteiger charge is 2.29. The third-order valence-corrected chi connectivity index (χ3v) is 7.94. The molecule has 0 spiro atoms.